The predicted molar refractivity (Wildman–Crippen MR) is 81.0 cm³/mol. The monoisotopic (exact) mass is 281 g/mol. The van der Waals surface area contributed by atoms with Crippen molar-refractivity contribution in [1.29, 1.82) is 0 Å². The Balaban J connectivity index is 1.49. The number of hydrogen-bond acceptors (Lipinski definition) is 4. The van der Waals surface area contributed by atoms with Gasteiger partial charge in [0.15, 0.2) is 0 Å². The Labute approximate surface area is 124 Å². The van der Waals surface area contributed by atoms with Gasteiger partial charge in [-0.2, -0.15) is 0 Å². The highest BCUT2D eigenvalue weighted by Gasteiger charge is 2.38. The van der Waals surface area contributed by atoms with Crippen LogP contribution in [0.2, 0.25) is 0 Å². The minimum atomic E-state index is 0.364. The van der Waals surface area contributed by atoms with Crippen LogP contribution in [0.5, 0.6) is 5.75 Å². The molecule has 2 fully saturated rings. The quantitative estimate of drug-likeness (QED) is 0.939. The summed E-state index contributed by atoms with van der Waals surface area (Å²) in [5.74, 6) is 2.56. The summed E-state index contributed by atoms with van der Waals surface area (Å²) in [6.07, 6.45) is 6.06. The van der Waals surface area contributed by atoms with Gasteiger partial charge in [-0.05, 0) is 56.0 Å². The third-order valence-corrected chi connectivity index (χ3v) is 4.63. The summed E-state index contributed by atoms with van der Waals surface area (Å²) >= 11 is 0. The number of ether oxygens (including phenoxy) is 1. The molecule has 0 unspecified atom stereocenters. The van der Waals surface area contributed by atoms with Crippen LogP contribution >= 0.6 is 0 Å². The molecule has 21 heavy (non-hydrogen) atoms. The Hall–Kier alpha value is -1.94. The summed E-state index contributed by atoms with van der Waals surface area (Å²) in [4.78, 5) is 8.25. The first kappa shape index (κ1) is 12.8. The summed E-state index contributed by atoms with van der Waals surface area (Å²) in [6, 6.07) is 10.1. The third kappa shape index (κ3) is 2.63. The van der Waals surface area contributed by atoms with Crippen LogP contribution in [0.4, 0.5) is 0 Å². The minimum absolute atomic E-state index is 0.364. The van der Waals surface area contributed by atoms with Crippen LogP contribution in [0.3, 0.4) is 0 Å². The van der Waals surface area contributed by atoms with E-state index in [4.69, 9.17) is 4.74 Å². The van der Waals surface area contributed by atoms with E-state index in [1.165, 1.54) is 12.8 Å². The van der Waals surface area contributed by atoms with Crippen molar-refractivity contribution in [3.8, 4) is 17.0 Å². The van der Waals surface area contributed by atoms with E-state index in [9.17, 15) is 0 Å². The summed E-state index contributed by atoms with van der Waals surface area (Å²) in [5, 5.41) is 3.47. The smallest absolute Gasteiger partial charge is 0.120 e. The first-order valence-corrected chi connectivity index (χ1v) is 7.62. The van der Waals surface area contributed by atoms with Gasteiger partial charge in [-0.25, -0.2) is 9.97 Å². The van der Waals surface area contributed by atoms with Crippen molar-refractivity contribution < 1.29 is 4.74 Å². The molecule has 2 aromatic rings. The molecule has 1 aliphatic carbocycles. The van der Waals surface area contributed by atoms with E-state index in [0.29, 0.717) is 6.10 Å². The second-order valence-electron chi connectivity index (χ2n) is 6.01. The molecule has 1 saturated heterocycles. The Kier molecular flexibility index (Phi) is 3.31. The van der Waals surface area contributed by atoms with E-state index in [0.717, 1.165) is 41.9 Å². The largest absolute Gasteiger partial charge is 0.490 e. The van der Waals surface area contributed by atoms with Crippen LogP contribution in [0, 0.1) is 11.8 Å². The molecule has 0 radical (unpaired) electrons. The fourth-order valence-electron chi connectivity index (χ4n) is 3.59. The zero-order chi connectivity index (χ0) is 14.1. The SMILES string of the molecule is c1cc(O[C@H]2C[C@H]3CNC[C@H]3C2)cc(-c2ccncn2)c1. The van der Waals surface area contributed by atoms with E-state index in [2.05, 4.69) is 27.4 Å². The number of benzene rings is 1. The number of aromatic nitrogens is 2. The van der Waals surface area contributed by atoms with E-state index < -0.39 is 0 Å². The molecular formula is C17H19N3O. The topological polar surface area (TPSA) is 47.0 Å². The van der Waals surface area contributed by atoms with Crippen molar-refractivity contribution in [3.05, 3.63) is 42.9 Å². The lowest BCUT2D eigenvalue weighted by atomic mass is 10.0. The zero-order valence-electron chi connectivity index (χ0n) is 11.9. The van der Waals surface area contributed by atoms with Crippen LogP contribution in [0.15, 0.2) is 42.9 Å². The van der Waals surface area contributed by atoms with Gasteiger partial charge >= 0.3 is 0 Å². The average Bonchev–Trinajstić information content (AvgIpc) is 3.10. The fraction of sp³-hybridized carbons (Fsp3) is 0.412. The molecule has 4 heteroatoms. The van der Waals surface area contributed by atoms with Crippen LogP contribution < -0.4 is 10.1 Å². The van der Waals surface area contributed by atoms with Gasteiger partial charge in [0.05, 0.1) is 11.8 Å². The molecule has 1 aromatic heterocycles. The zero-order valence-corrected chi connectivity index (χ0v) is 11.9. The van der Waals surface area contributed by atoms with Crippen LogP contribution in [-0.4, -0.2) is 29.2 Å². The predicted octanol–water partition coefficient (Wildman–Crippen LogP) is 2.52. The maximum absolute atomic E-state index is 6.20. The fourth-order valence-corrected chi connectivity index (χ4v) is 3.59. The van der Waals surface area contributed by atoms with Crippen molar-refractivity contribution >= 4 is 0 Å². The van der Waals surface area contributed by atoms with Crippen LogP contribution in [-0.2, 0) is 0 Å². The van der Waals surface area contributed by atoms with Crippen molar-refractivity contribution in [2.24, 2.45) is 11.8 Å². The summed E-state index contributed by atoms with van der Waals surface area (Å²) in [7, 11) is 0. The molecule has 1 saturated carbocycles. The molecule has 0 amide bonds. The lowest BCUT2D eigenvalue weighted by Gasteiger charge is -2.15. The van der Waals surface area contributed by atoms with Gasteiger partial charge < -0.3 is 10.1 Å². The van der Waals surface area contributed by atoms with Gasteiger partial charge in [-0.3, -0.25) is 0 Å². The molecule has 108 valence electrons. The summed E-state index contributed by atoms with van der Waals surface area (Å²) in [5.41, 5.74) is 2.01. The second kappa shape index (κ2) is 5.45. The molecule has 0 spiro atoms. The van der Waals surface area contributed by atoms with E-state index >= 15 is 0 Å². The number of nitrogens with zero attached hydrogens (tertiary/aromatic N) is 2. The second-order valence-corrected chi connectivity index (χ2v) is 6.01. The highest BCUT2D eigenvalue weighted by Crippen LogP contribution is 2.36. The lowest BCUT2D eigenvalue weighted by Crippen LogP contribution is -2.18. The highest BCUT2D eigenvalue weighted by molar-refractivity contribution is 5.60. The van der Waals surface area contributed by atoms with E-state index in [1.54, 1.807) is 12.5 Å². The molecule has 0 bridgehead atoms. The van der Waals surface area contributed by atoms with Crippen molar-refractivity contribution in [2.45, 2.75) is 18.9 Å². The van der Waals surface area contributed by atoms with E-state index in [1.807, 2.05) is 18.2 Å². The van der Waals surface area contributed by atoms with Crippen LogP contribution in [0.25, 0.3) is 11.3 Å². The number of fused-ring (bicyclic) bond motifs is 1. The van der Waals surface area contributed by atoms with Crippen molar-refractivity contribution in [1.82, 2.24) is 15.3 Å². The van der Waals surface area contributed by atoms with Gasteiger partial charge in [-0.1, -0.05) is 12.1 Å². The van der Waals surface area contributed by atoms with Gasteiger partial charge in [0.2, 0.25) is 0 Å². The summed E-state index contributed by atoms with van der Waals surface area (Å²) < 4.78 is 6.20. The van der Waals surface area contributed by atoms with Gasteiger partial charge in [-0.15, -0.1) is 0 Å². The molecule has 1 aliphatic heterocycles. The normalized spacial score (nSPS) is 27.5. The van der Waals surface area contributed by atoms with E-state index in [-0.39, 0.29) is 0 Å². The number of nitrogens with one attached hydrogen (secondary N) is 1. The standard InChI is InChI=1S/C17H19N3O/c1-2-12(17-4-5-18-11-20-17)6-15(3-1)21-16-7-13-9-19-10-14(13)8-16/h1-6,11,13-14,16,19H,7-10H2/t13-,14+,16-. The summed E-state index contributed by atoms with van der Waals surface area (Å²) in [6.45, 7) is 2.32. The molecular weight excluding hydrogens is 262 g/mol. The lowest BCUT2D eigenvalue weighted by molar-refractivity contribution is 0.199. The van der Waals surface area contributed by atoms with Crippen LogP contribution in [0.1, 0.15) is 12.8 Å². The Bertz CT molecular complexity index is 604. The molecule has 2 heterocycles. The number of hydrogen-bond donors (Lipinski definition) is 1. The number of rotatable bonds is 3. The third-order valence-electron chi connectivity index (χ3n) is 4.63. The van der Waals surface area contributed by atoms with Crippen molar-refractivity contribution in [2.75, 3.05) is 13.1 Å². The molecule has 1 N–H and O–H groups in total. The maximum Gasteiger partial charge on any atom is 0.120 e. The Morgan fingerprint density at radius 3 is 2.71 bits per heavy atom. The molecule has 4 nitrogen and oxygen atoms in total. The highest BCUT2D eigenvalue weighted by atomic mass is 16.5. The van der Waals surface area contributed by atoms with Gasteiger partial charge in [0.1, 0.15) is 12.1 Å². The molecule has 4 rings (SSSR count). The van der Waals surface area contributed by atoms with Crippen molar-refractivity contribution in [3.63, 3.8) is 0 Å². The molecule has 1 aromatic carbocycles. The Morgan fingerprint density at radius 1 is 1.10 bits per heavy atom. The molecule has 3 atom stereocenters. The molecule has 2 aliphatic rings. The maximum atomic E-state index is 6.20. The minimum Gasteiger partial charge on any atom is -0.490 e. The Morgan fingerprint density at radius 2 is 1.95 bits per heavy atom. The average molecular weight is 281 g/mol. The van der Waals surface area contributed by atoms with Gasteiger partial charge in [0.25, 0.3) is 0 Å². The first-order chi connectivity index (χ1) is 10.4. The first-order valence-electron chi connectivity index (χ1n) is 7.62. The van der Waals surface area contributed by atoms with Gasteiger partial charge in [0, 0.05) is 11.8 Å².